The number of carboxylic acids is 1. The number of amides is 1. The van der Waals surface area contributed by atoms with Crippen molar-refractivity contribution in [3.8, 4) is 0 Å². The maximum Gasteiger partial charge on any atom is 0.303 e. The summed E-state index contributed by atoms with van der Waals surface area (Å²) in [7, 11) is 0. The normalized spacial score (nSPS) is 10.3. The Hall–Kier alpha value is -2.34. The number of benzene rings is 1. The van der Waals surface area contributed by atoms with Crippen LogP contribution in [-0.4, -0.2) is 26.8 Å². The molecule has 0 aliphatic carbocycles. The van der Waals surface area contributed by atoms with Crippen LogP contribution in [0.15, 0.2) is 36.5 Å². The van der Waals surface area contributed by atoms with Crippen LogP contribution in [0.25, 0.3) is 0 Å². The molecule has 6 nitrogen and oxygen atoms in total. The van der Waals surface area contributed by atoms with E-state index in [4.69, 9.17) is 16.7 Å². The second-order valence-electron chi connectivity index (χ2n) is 4.44. The van der Waals surface area contributed by atoms with Crippen molar-refractivity contribution >= 4 is 29.3 Å². The molecular weight excluding hydrogens is 294 g/mol. The lowest BCUT2D eigenvalue weighted by molar-refractivity contribution is -0.138. The third kappa shape index (κ3) is 4.61. The minimum Gasteiger partial charge on any atom is -0.481 e. The maximum atomic E-state index is 11.6. The Kier molecular flexibility index (Phi) is 4.94. The van der Waals surface area contributed by atoms with Gasteiger partial charge in [-0.3, -0.25) is 9.59 Å². The Morgan fingerprint density at radius 1 is 1.19 bits per heavy atom. The number of halogens is 1. The van der Waals surface area contributed by atoms with Gasteiger partial charge in [0.25, 0.3) is 0 Å². The van der Waals surface area contributed by atoms with E-state index in [1.807, 2.05) is 12.1 Å². The Morgan fingerprint density at radius 3 is 2.57 bits per heavy atom. The van der Waals surface area contributed by atoms with Crippen LogP contribution in [0.5, 0.6) is 0 Å². The largest absolute Gasteiger partial charge is 0.481 e. The smallest absolute Gasteiger partial charge is 0.303 e. The first-order valence-electron chi connectivity index (χ1n) is 6.32. The molecule has 7 heteroatoms. The van der Waals surface area contributed by atoms with Crippen LogP contribution in [0, 0.1) is 0 Å². The van der Waals surface area contributed by atoms with Crippen molar-refractivity contribution < 1.29 is 14.7 Å². The number of rotatable bonds is 6. The van der Waals surface area contributed by atoms with Gasteiger partial charge in [-0.2, -0.15) is 5.10 Å². The zero-order valence-electron chi connectivity index (χ0n) is 11.1. The molecule has 2 aromatic rings. The number of carbonyl (C=O) groups excluding carboxylic acids is 1. The van der Waals surface area contributed by atoms with E-state index in [1.165, 1.54) is 0 Å². The van der Waals surface area contributed by atoms with E-state index < -0.39 is 5.97 Å². The van der Waals surface area contributed by atoms with Gasteiger partial charge in [0, 0.05) is 17.5 Å². The van der Waals surface area contributed by atoms with Gasteiger partial charge in [0.05, 0.1) is 19.2 Å². The monoisotopic (exact) mass is 307 g/mol. The summed E-state index contributed by atoms with van der Waals surface area (Å²) < 4.78 is 1.63. The number of nitrogens with zero attached hydrogens (tertiary/aromatic N) is 2. The molecule has 1 heterocycles. The van der Waals surface area contributed by atoms with E-state index in [0.717, 1.165) is 5.56 Å². The standard InChI is InChI=1S/C14H14ClN3O3/c15-11-3-1-10(2-4-11)9-18-12(7-8-16-18)17-13(19)5-6-14(20)21/h1-4,7-8H,5-6,9H2,(H,17,19)(H,20,21). The summed E-state index contributed by atoms with van der Waals surface area (Å²) >= 11 is 5.83. The summed E-state index contributed by atoms with van der Waals surface area (Å²) in [5, 5.41) is 16.0. The molecule has 0 saturated carbocycles. The van der Waals surface area contributed by atoms with Gasteiger partial charge < -0.3 is 10.4 Å². The molecular formula is C14H14ClN3O3. The van der Waals surface area contributed by atoms with E-state index in [0.29, 0.717) is 17.4 Å². The zero-order chi connectivity index (χ0) is 15.2. The van der Waals surface area contributed by atoms with Gasteiger partial charge in [0.2, 0.25) is 5.91 Å². The Morgan fingerprint density at radius 2 is 1.90 bits per heavy atom. The van der Waals surface area contributed by atoms with Crippen LogP contribution >= 0.6 is 11.6 Å². The van der Waals surface area contributed by atoms with E-state index in [2.05, 4.69) is 10.4 Å². The van der Waals surface area contributed by atoms with Crippen LogP contribution in [0.3, 0.4) is 0 Å². The molecule has 0 radical (unpaired) electrons. The summed E-state index contributed by atoms with van der Waals surface area (Å²) in [6, 6.07) is 8.98. The predicted molar refractivity (Wildman–Crippen MR) is 78.3 cm³/mol. The SMILES string of the molecule is O=C(O)CCC(=O)Nc1ccnn1Cc1ccc(Cl)cc1. The summed E-state index contributed by atoms with van der Waals surface area (Å²) in [5.41, 5.74) is 0.990. The average molecular weight is 308 g/mol. The molecule has 2 N–H and O–H groups in total. The van der Waals surface area contributed by atoms with Gasteiger partial charge in [-0.1, -0.05) is 23.7 Å². The van der Waals surface area contributed by atoms with Gasteiger partial charge in [-0.05, 0) is 17.7 Å². The molecule has 110 valence electrons. The molecule has 0 atom stereocenters. The van der Waals surface area contributed by atoms with Crippen molar-refractivity contribution in [1.29, 1.82) is 0 Å². The van der Waals surface area contributed by atoms with Crippen LogP contribution in [-0.2, 0) is 16.1 Å². The summed E-state index contributed by atoms with van der Waals surface area (Å²) in [4.78, 5) is 22.1. The quantitative estimate of drug-likeness (QED) is 0.858. The fourth-order valence-electron chi connectivity index (χ4n) is 1.75. The first-order valence-corrected chi connectivity index (χ1v) is 6.70. The molecule has 0 bridgehead atoms. The minimum atomic E-state index is -1.00. The van der Waals surface area contributed by atoms with Crippen molar-refractivity contribution in [1.82, 2.24) is 9.78 Å². The fourth-order valence-corrected chi connectivity index (χ4v) is 1.88. The summed E-state index contributed by atoms with van der Waals surface area (Å²) in [5.74, 6) is -0.824. The number of nitrogens with one attached hydrogen (secondary N) is 1. The molecule has 0 saturated heterocycles. The molecule has 0 fully saturated rings. The third-order valence-corrected chi connectivity index (χ3v) is 3.05. The van der Waals surface area contributed by atoms with Crippen molar-refractivity contribution in [3.63, 3.8) is 0 Å². The lowest BCUT2D eigenvalue weighted by Gasteiger charge is -2.09. The number of hydrogen-bond donors (Lipinski definition) is 2. The van der Waals surface area contributed by atoms with Gasteiger partial charge >= 0.3 is 5.97 Å². The van der Waals surface area contributed by atoms with E-state index in [9.17, 15) is 9.59 Å². The van der Waals surface area contributed by atoms with Gasteiger partial charge in [-0.15, -0.1) is 0 Å². The van der Waals surface area contributed by atoms with Crippen molar-refractivity contribution in [3.05, 3.63) is 47.1 Å². The third-order valence-electron chi connectivity index (χ3n) is 2.80. The molecule has 1 amide bonds. The number of carboxylic acid groups (broad SMARTS) is 1. The lowest BCUT2D eigenvalue weighted by Crippen LogP contribution is -2.16. The Labute approximate surface area is 126 Å². The van der Waals surface area contributed by atoms with Crippen molar-refractivity contribution in [2.45, 2.75) is 19.4 Å². The number of hydrogen-bond acceptors (Lipinski definition) is 3. The Bertz CT molecular complexity index is 637. The maximum absolute atomic E-state index is 11.6. The van der Waals surface area contributed by atoms with Gasteiger partial charge in [0.15, 0.2) is 0 Å². The first-order chi connectivity index (χ1) is 10.0. The fraction of sp³-hybridized carbons (Fsp3) is 0.214. The molecule has 0 spiro atoms. The number of carbonyl (C=O) groups is 2. The van der Waals surface area contributed by atoms with Crippen LogP contribution in [0.2, 0.25) is 5.02 Å². The van der Waals surface area contributed by atoms with E-state index in [-0.39, 0.29) is 18.7 Å². The number of anilines is 1. The lowest BCUT2D eigenvalue weighted by atomic mass is 10.2. The number of aliphatic carboxylic acids is 1. The predicted octanol–water partition coefficient (Wildman–Crippen LogP) is 2.39. The highest BCUT2D eigenvalue weighted by Gasteiger charge is 2.09. The van der Waals surface area contributed by atoms with Gasteiger partial charge in [-0.25, -0.2) is 4.68 Å². The molecule has 0 unspecified atom stereocenters. The van der Waals surface area contributed by atoms with Gasteiger partial charge in [0.1, 0.15) is 5.82 Å². The van der Waals surface area contributed by atoms with E-state index >= 15 is 0 Å². The summed E-state index contributed by atoms with van der Waals surface area (Å²) in [6.07, 6.45) is 1.31. The molecule has 0 aliphatic rings. The molecule has 2 rings (SSSR count). The molecule has 1 aromatic carbocycles. The highest BCUT2D eigenvalue weighted by atomic mass is 35.5. The first kappa shape index (κ1) is 15.1. The average Bonchev–Trinajstić information content (AvgIpc) is 2.86. The topological polar surface area (TPSA) is 84.2 Å². The molecule has 0 aliphatic heterocycles. The Balaban J connectivity index is 1.99. The minimum absolute atomic E-state index is 0.0680. The zero-order valence-corrected chi connectivity index (χ0v) is 11.9. The van der Waals surface area contributed by atoms with Crippen LogP contribution in [0.4, 0.5) is 5.82 Å². The van der Waals surface area contributed by atoms with Crippen molar-refractivity contribution in [2.24, 2.45) is 0 Å². The summed E-state index contributed by atoms with van der Waals surface area (Å²) in [6.45, 7) is 0.485. The molecule has 1 aromatic heterocycles. The second-order valence-corrected chi connectivity index (χ2v) is 4.88. The number of aromatic nitrogens is 2. The highest BCUT2D eigenvalue weighted by Crippen LogP contribution is 2.13. The second kappa shape index (κ2) is 6.90. The highest BCUT2D eigenvalue weighted by molar-refractivity contribution is 6.30. The van der Waals surface area contributed by atoms with Crippen molar-refractivity contribution in [2.75, 3.05) is 5.32 Å². The van der Waals surface area contributed by atoms with Crippen LogP contribution in [0.1, 0.15) is 18.4 Å². The molecule has 21 heavy (non-hydrogen) atoms. The van der Waals surface area contributed by atoms with Crippen LogP contribution < -0.4 is 5.32 Å². The van der Waals surface area contributed by atoms with E-state index in [1.54, 1.807) is 29.1 Å².